The number of carbonyl (C=O) groups excluding carboxylic acids is 1. The molecule has 0 aliphatic rings. The molecule has 11 nitrogen and oxygen atoms in total. The molecule has 0 N–H and O–H groups in total. The van der Waals surface area contributed by atoms with Crippen LogP contribution in [0.3, 0.4) is 0 Å². The summed E-state index contributed by atoms with van der Waals surface area (Å²) in [4.78, 5) is 30.9. The van der Waals surface area contributed by atoms with Crippen LogP contribution >= 0.6 is 0 Å². The minimum absolute atomic E-state index is 0.0276. The van der Waals surface area contributed by atoms with Crippen LogP contribution in [0.5, 0.6) is 0 Å². The molecule has 1 unspecified atom stereocenters. The summed E-state index contributed by atoms with van der Waals surface area (Å²) < 4.78 is 285. The molecule has 75 heavy (non-hydrogen) atoms. The molecule has 0 saturated carbocycles. The van der Waals surface area contributed by atoms with E-state index in [0.717, 1.165) is 30.8 Å². The number of alkyl halides is 18. The third-order valence-electron chi connectivity index (χ3n) is 8.39. The third kappa shape index (κ3) is 18.5. The summed E-state index contributed by atoms with van der Waals surface area (Å²) in [5, 5.41) is 16.5. The van der Waals surface area contributed by atoms with Gasteiger partial charge in [0.15, 0.2) is 5.82 Å². The topological polar surface area (TPSA) is 176 Å². The summed E-state index contributed by atoms with van der Waals surface area (Å²) in [5.74, 6) is -8.35. The van der Waals surface area contributed by atoms with Gasteiger partial charge in [-0.1, -0.05) is 0 Å². The van der Waals surface area contributed by atoms with Gasteiger partial charge in [-0.2, -0.15) is 89.6 Å². The normalized spacial score (nSPS) is 12.5. The van der Waals surface area contributed by atoms with Crippen molar-refractivity contribution in [2.75, 3.05) is 6.26 Å². The summed E-state index contributed by atoms with van der Waals surface area (Å²) in [6, 6.07) is 9.11. The lowest BCUT2D eigenvalue weighted by Crippen LogP contribution is -2.15. The van der Waals surface area contributed by atoms with E-state index in [-0.39, 0.29) is 24.1 Å². The number of sulfone groups is 1. The van der Waals surface area contributed by atoms with Crippen molar-refractivity contribution in [3.8, 4) is 12.1 Å². The van der Waals surface area contributed by atoms with Crippen LogP contribution in [-0.2, 0) is 53.3 Å². The highest BCUT2D eigenvalue weighted by Gasteiger charge is 2.38. The van der Waals surface area contributed by atoms with Crippen molar-refractivity contribution in [2.24, 2.45) is 0 Å². The van der Waals surface area contributed by atoms with Crippen LogP contribution in [0.15, 0.2) is 96.5 Å². The highest BCUT2D eigenvalue weighted by Crippen LogP contribution is 2.36. The zero-order valence-corrected chi connectivity index (χ0v) is 36.9. The lowest BCUT2D eigenvalue weighted by molar-refractivity contribution is -0.142. The molecular formula is C42H21F21N8O3S. The van der Waals surface area contributed by atoms with E-state index in [1.54, 1.807) is 6.07 Å². The minimum atomic E-state index is -4.92. The number of aromatic nitrogens is 6. The van der Waals surface area contributed by atoms with Gasteiger partial charge in [-0.25, -0.2) is 51.5 Å². The molecule has 0 bridgehead atoms. The van der Waals surface area contributed by atoms with Gasteiger partial charge in [-0.3, -0.25) is 4.79 Å². The Balaban J connectivity index is 0.000000272. The number of ketones is 1. The SMILES string of the molecule is CS(=O)(=O)c1nccc(C(F)(F)F)n1.N#CC(c1cc(F)cc(C(F)(F)F)c1)c1nccc(C(F)(F)F)n1.N#CCc1cc(F)cc(C(F)(F)F)c1.O=C(c1cc(F)cc(C(F)(F)F)c1)c1nccc(C(F)(F)F)n1. The number of benzene rings is 3. The van der Waals surface area contributed by atoms with Crippen molar-refractivity contribution in [1.29, 1.82) is 10.5 Å². The van der Waals surface area contributed by atoms with E-state index >= 15 is 0 Å². The number of nitriles is 2. The Morgan fingerprint density at radius 3 is 1.43 bits per heavy atom. The summed E-state index contributed by atoms with van der Waals surface area (Å²) >= 11 is 0. The van der Waals surface area contributed by atoms with E-state index < -0.39 is 138 Å². The molecule has 1 atom stereocenters. The van der Waals surface area contributed by atoms with Gasteiger partial charge in [0.2, 0.25) is 26.6 Å². The molecule has 3 heterocycles. The molecule has 3 aromatic carbocycles. The molecule has 6 aromatic rings. The van der Waals surface area contributed by atoms with Gasteiger partial charge in [0, 0.05) is 30.4 Å². The largest absolute Gasteiger partial charge is 0.433 e. The number of carbonyl (C=O) groups is 1. The van der Waals surface area contributed by atoms with Crippen LogP contribution in [0, 0.1) is 40.1 Å². The van der Waals surface area contributed by atoms with Crippen molar-refractivity contribution >= 4 is 15.6 Å². The Morgan fingerprint density at radius 2 is 0.960 bits per heavy atom. The second-order valence-electron chi connectivity index (χ2n) is 14.1. The quantitative estimate of drug-likeness (QED) is 0.0881. The summed E-state index contributed by atoms with van der Waals surface area (Å²) in [6.07, 6.45) is -26.1. The smallest absolute Gasteiger partial charge is 0.285 e. The summed E-state index contributed by atoms with van der Waals surface area (Å²) in [7, 11) is -3.81. The van der Waals surface area contributed by atoms with Crippen LogP contribution in [0.2, 0.25) is 0 Å². The standard InChI is InChI=1S/C14H6F7N3.C13H5F7N2O.C9H5F4N.C6H5F3N2O2S/c15-9-4-7(3-8(5-9)13(16,17)18)10(6-22)12-23-2-1-11(24-12)14(19,20)21;14-8-4-6(3-7(5-8)12(15,16)17)10(23)11-21-2-1-9(22-11)13(18,19)20;10-8-4-6(1-2-14)3-7(5-8)9(11,12)13;1-14(12,13)5-10-3-2-4(11-5)6(7,8)9/h1-5,10H;1-5H;3-5H,1H2;2-3H,1H3. The zero-order valence-electron chi connectivity index (χ0n) is 36.1. The predicted octanol–water partition coefficient (Wildman–Crippen LogP) is 12.0. The first-order valence-corrected chi connectivity index (χ1v) is 20.9. The first-order chi connectivity index (χ1) is 34.1. The Kier molecular flexibility index (Phi) is 19.2. The van der Waals surface area contributed by atoms with Crippen molar-refractivity contribution < 1.29 is 105 Å². The Bertz CT molecular complexity index is 3200. The molecule has 0 aliphatic heterocycles. The number of hydrogen-bond acceptors (Lipinski definition) is 11. The van der Waals surface area contributed by atoms with Gasteiger partial charge < -0.3 is 0 Å². The van der Waals surface area contributed by atoms with Gasteiger partial charge in [-0.05, 0) is 83.9 Å². The van der Waals surface area contributed by atoms with Crippen LogP contribution < -0.4 is 0 Å². The predicted molar refractivity (Wildman–Crippen MR) is 209 cm³/mol. The van der Waals surface area contributed by atoms with Crippen LogP contribution in [0.4, 0.5) is 92.2 Å². The minimum Gasteiger partial charge on any atom is -0.285 e. The average molecular weight is 1120 g/mol. The lowest BCUT2D eigenvalue weighted by Gasteiger charge is -2.13. The lowest BCUT2D eigenvalue weighted by atomic mass is 9.97. The molecule has 3 aromatic heterocycles. The second-order valence-corrected chi connectivity index (χ2v) is 16.0. The number of halogens is 21. The molecule has 33 heteroatoms. The Labute approximate surface area is 404 Å². The first-order valence-electron chi connectivity index (χ1n) is 19.0. The van der Waals surface area contributed by atoms with Gasteiger partial charge in [0.05, 0.1) is 35.2 Å². The van der Waals surface area contributed by atoms with E-state index in [4.69, 9.17) is 10.5 Å². The van der Waals surface area contributed by atoms with Crippen molar-refractivity contribution in [2.45, 2.75) is 54.6 Å². The molecule has 6 rings (SSSR count). The van der Waals surface area contributed by atoms with Crippen molar-refractivity contribution in [1.82, 2.24) is 29.9 Å². The Hall–Kier alpha value is -7.97. The molecule has 400 valence electrons. The summed E-state index contributed by atoms with van der Waals surface area (Å²) in [5.41, 5.74) is -9.24. The molecule has 0 aliphatic carbocycles. The maximum absolute atomic E-state index is 13.4. The van der Waals surface area contributed by atoms with Crippen molar-refractivity contribution in [3.05, 3.63) is 171 Å². The Morgan fingerprint density at radius 1 is 0.533 bits per heavy atom. The molecule has 0 spiro atoms. The van der Waals surface area contributed by atoms with Gasteiger partial charge >= 0.3 is 37.1 Å². The van der Waals surface area contributed by atoms with Gasteiger partial charge in [0.25, 0.3) is 0 Å². The highest BCUT2D eigenvalue weighted by atomic mass is 32.2. The monoisotopic (exact) mass is 1120 g/mol. The molecule has 0 saturated heterocycles. The third-order valence-corrected chi connectivity index (χ3v) is 9.25. The van der Waals surface area contributed by atoms with E-state index in [2.05, 4.69) is 29.9 Å². The second kappa shape index (κ2) is 23.5. The van der Waals surface area contributed by atoms with E-state index in [9.17, 15) is 105 Å². The number of rotatable bonds is 6. The van der Waals surface area contributed by atoms with Crippen LogP contribution in [0.1, 0.15) is 72.8 Å². The van der Waals surface area contributed by atoms with E-state index in [1.165, 1.54) is 6.07 Å². The van der Waals surface area contributed by atoms with E-state index in [1.807, 2.05) is 0 Å². The molecule has 0 radical (unpaired) electrons. The molecule has 0 amide bonds. The van der Waals surface area contributed by atoms with Crippen LogP contribution in [-0.4, -0.2) is 50.4 Å². The maximum Gasteiger partial charge on any atom is 0.433 e. The summed E-state index contributed by atoms with van der Waals surface area (Å²) in [6.45, 7) is 0. The van der Waals surface area contributed by atoms with Crippen molar-refractivity contribution in [3.63, 3.8) is 0 Å². The van der Waals surface area contributed by atoms with Gasteiger partial charge in [-0.15, -0.1) is 0 Å². The maximum atomic E-state index is 13.4. The fourth-order valence-corrected chi connectivity index (χ4v) is 5.74. The molecular weight excluding hydrogens is 1100 g/mol. The number of hydrogen-bond donors (Lipinski definition) is 0. The highest BCUT2D eigenvalue weighted by molar-refractivity contribution is 7.90. The fraction of sp³-hybridized carbons (Fsp3) is 0.214. The first kappa shape index (κ1) is 61.3. The zero-order chi connectivity index (χ0) is 57.3. The molecule has 0 fully saturated rings. The number of nitrogens with zero attached hydrogens (tertiary/aromatic N) is 8. The van der Waals surface area contributed by atoms with Crippen LogP contribution in [0.25, 0.3) is 0 Å². The van der Waals surface area contributed by atoms with E-state index in [0.29, 0.717) is 54.7 Å². The fourth-order valence-electron chi connectivity index (χ4n) is 5.22. The van der Waals surface area contributed by atoms with Gasteiger partial charge in [0.1, 0.15) is 40.5 Å². The average Bonchev–Trinajstić information content (AvgIpc) is 3.27.